The van der Waals surface area contributed by atoms with E-state index in [2.05, 4.69) is 28.8 Å². The highest BCUT2D eigenvalue weighted by molar-refractivity contribution is 7.13. The minimum Gasteiger partial charge on any atom is -0.347 e. The highest BCUT2D eigenvalue weighted by Crippen LogP contribution is 2.18. The van der Waals surface area contributed by atoms with E-state index in [4.69, 9.17) is 0 Å². The fourth-order valence-electron chi connectivity index (χ4n) is 2.28. The Hall–Kier alpha value is -1.65. The summed E-state index contributed by atoms with van der Waals surface area (Å²) in [6.07, 6.45) is 0. The molecule has 0 bridgehead atoms. The SMILES string of the molecule is Cc1ccc(C(=O)NCc2ccc3c(c2)CNC3)s1. The Morgan fingerprint density at radius 2 is 2.11 bits per heavy atom. The van der Waals surface area contributed by atoms with Gasteiger partial charge in [0.05, 0.1) is 4.88 Å². The van der Waals surface area contributed by atoms with Gasteiger partial charge < -0.3 is 10.6 Å². The van der Waals surface area contributed by atoms with Gasteiger partial charge in [0.15, 0.2) is 0 Å². The quantitative estimate of drug-likeness (QED) is 0.901. The third kappa shape index (κ3) is 2.69. The molecular formula is C15H16N2OS. The summed E-state index contributed by atoms with van der Waals surface area (Å²) in [6, 6.07) is 10.3. The van der Waals surface area contributed by atoms with E-state index in [0.717, 1.165) is 28.4 Å². The fraction of sp³-hybridized carbons (Fsp3) is 0.267. The largest absolute Gasteiger partial charge is 0.347 e. The van der Waals surface area contributed by atoms with Gasteiger partial charge in [-0.15, -0.1) is 11.3 Å². The summed E-state index contributed by atoms with van der Waals surface area (Å²) in [6.45, 7) is 4.48. The van der Waals surface area contributed by atoms with Gasteiger partial charge in [-0.2, -0.15) is 0 Å². The maximum Gasteiger partial charge on any atom is 0.261 e. The minimum atomic E-state index is 0.0109. The Labute approximate surface area is 116 Å². The van der Waals surface area contributed by atoms with E-state index in [1.54, 1.807) is 0 Å². The van der Waals surface area contributed by atoms with Crippen LogP contribution in [0, 0.1) is 6.92 Å². The van der Waals surface area contributed by atoms with Crippen LogP contribution in [0.15, 0.2) is 30.3 Å². The number of thiophene rings is 1. The van der Waals surface area contributed by atoms with Crippen LogP contribution < -0.4 is 10.6 Å². The van der Waals surface area contributed by atoms with Crippen molar-refractivity contribution in [3.05, 3.63) is 56.8 Å². The molecule has 1 amide bonds. The number of benzene rings is 1. The second-order valence-electron chi connectivity index (χ2n) is 4.80. The summed E-state index contributed by atoms with van der Waals surface area (Å²) in [7, 11) is 0. The molecule has 1 aliphatic rings. The molecule has 1 aliphatic heterocycles. The summed E-state index contributed by atoms with van der Waals surface area (Å²) in [5.74, 6) is 0.0109. The zero-order valence-electron chi connectivity index (χ0n) is 10.8. The van der Waals surface area contributed by atoms with Crippen LogP contribution in [0.25, 0.3) is 0 Å². The lowest BCUT2D eigenvalue weighted by molar-refractivity contribution is 0.0955. The zero-order valence-corrected chi connectivity index (χ0v) is 11.6. The van der Waals surface area contributed by atoms with Crippen LogP contribution in [0.4, 0.5) is 0 Å². The average molecular weight is 272 g/mol. The number of fused-ring (bicyclic) bond motifs is 1. The first-order valence-electron chi connectivity index (χ1n) is 6.38. The number of nitrogens with one attached hydrogen (secondary N) is 2. The number of aryl methyl sites for hydroxylation is 1. The molecular weight excluding hydrogens is 256 g/mol. The predicted octanol–water partition coefficient (Wildman–Crippen LogP) is 2.59. The van der Waals surface area contributed by atoms with Crippen LogP contribution in [0.3, 0.4) is 0 Å². The van der Waals surface area contributed by atoms with E-state index in [-0.39, 0.29) is 5.91 Å². The van der Waals surface area contributed by atoms with E-state index < -0.39 is 0 Å². The molecule has 0 fully saturated rings. The first-order valence-corrected chi connectivity index (χ1v) is 7.20. The van der Waals surface area contributed by atoms with Crippen LogP contribution in [0.1, 0.15) is 31.2 Å². The molecule has 0 spiro atoms. The molecule has 0 saturated heterocycles. The first-order chi connectivity index (χ1) is 9.22. The zero-order chi connectivity index (χ0) is 13.2. The van der Waals surface area contributed by atoms with Crippen molar-refractivity contribution in [3.63, 3.8) is 0 Å². The molecule has 3 rings (SSSR count). The lowest BCUT2D eigenvalue weighted by Crippen LogP contribution is -2.21. The van der Waals surface area contributed by atoms with Gasteiger partial charge in [-0.05, 0) is 35.7 Å². The van der Waals surface area contributed by atoms with Crippen molar-refractivity contribution in [3.8, 4) is 0 Å². The van der Waals surface area contributed by atoms with Crippen molar-refractivity contribution < 1.29 is 4.79 Å². The van der Waals surface area contributed by atoms with Crippen molar-refractivity contribution in [2.45, 2.75) is 26.6 Å². The van der Waals surface area contributed by atoms with Gasteiger partial charge >= 0.3 is 0 Å². The normalized spacial score (nSPS) is 13.3. The summed E-state index contributed by atoms with van der Waals surface area (Å²) < 4.78 is 0. The van der Waals surface area contributed by atoms with E-state index in [9.17, 15) is 4.79 Å². The topological polar surface area (TPSA) is 41.1 Å². The third-order valence-electron chi connectivity index (χ3n) is 3.32. The molecule has 1 aromatic heterocycles. The maximum atomic E-state index is 12.0. The summed E-state index contributed by atoms with van der Waals surface area (Å²) in [4.78, 5) is 13.9. The Morgan fingerprint density at radius 3 is 2.89 bits per heavy atom. The Morgan fingerprint density at radius 1 is 1.26 bits per heavy atom. The molecule has 1 aromatic carbocycles. The molecule has 2 aromatic rings. The van der Waals surface area contributed by atoms with Gasteiger partial charge in [-0.1, -0.05) is 18.2 Å². The van der Waals surface area contributed by atoms with Gasteiger partial charge in [0.1, 0.15) is 0 Å². The van der Waals surface area contributed by atoms with Gasteiger partial charge in [0, 0.05) is 24.5 Å². The minimum absolute atomic E-state index is 0.0109. The highest BCUT2D eigenvalue weighted by Gasteiger charge is 2.11. The van der Waals surface area contributed by atoms with Crippen molar-refractivity contribution in [1.82, 2.24) is 10.6 Å². The van der Waals surface area contributed by atoms with Crippen molar-refractivity contribution >= 4 is 17.2 Å². The molecule has 0 saturated carbocycles. The van der Waals surface area contributed by atoms with Crippen molar-refractivity contribution in [2.24, 2.45) is 0 Å². The van der Waals surface area contributed by atoms with E-state index in [1.165, 1.54) is 22.5 Å². The van der Waals surface area contributed by atoms with Gasteiger partial charge in [0.25, 0.3) is 5.91 Å². The standard InChI is InChI=1S/C15H16N2OS/c1-10-2-5-14(19-10)15(18)17-7-11-3-4-12-8-16-9-13(12)6-11/h2-6,16H,7-9H2,1H3,(H,17,18). The predicted molar refractivity (Wildman–Crippen MR) is 77.2 cm³/mol. The number of hydrogen-bond donors (Lipinski definition) is 2. The molecule has 2 heterocycles. The number of rotatable bonds is 3. The number of amides is 1. The molecule has 98 valence electrons. The monoisotopic (exact) mass is 272 g/mol. The molecule has 19 heavy (non-hydrogen) atoms. The molecule has 0 unspecified atom stereocenters. The molecule has 3 nitrogen and oxygen atoms in total. The number of carbonyl (C=O) groups is 1. The number of hydrogen-bond acceptors (Lipinski definition) is 3. The Bertz CT molecular complexity index is 618. The smallest absolute Gasteiger partial charge is 0.261 e. The average Bonchev–Trinajstić information content (AvgIpc) is 3.03. The second kappa shape index (κ2) is 5.15. The second-order valence-corrected chi connectivity index (χ2v) is 6.09. The van der Waals surface area contributed by atoms with E-state index >= 15 is 0 Å². The van der Waals surface area contributed by atoms with Gasteiger partial charge in [-0.3, -0.25) is 4.79 Å². The molecule has 0 radical (unpaired) electrons. The van der Waals surface area contributed by atoms with Crippen LogP contribution >= 0.6 is 11.3 Å². The van der Waals surface area contributed by atoms with Gasteiger partial charge in [0.2, 0.25) is 0 Å². The van der Waals surface area contributed by atoms with Gasteiger partial charge in [-0.25, -0.2) is 0 Å². The summed E-state index contributed by atoms with van der Waals surface area (Å²) in [5.41, 5.74) is 3.87. The molecule has 0 atom stereocenters. The van der Waals surface area contributed by atoms with Crippen LogP contribution in [-0.2, 0) is 19.6 Å². The number of carbonyl (C=O) groups excluding carboxylic acids is 1. The van der Waals surface area contributed by atoms with Crippen LogP contribution in [-0.4, -0.2) is 5.91 Å². The first kappa shape index (κ1) is 12.4. The van der Waals surface area contributed by atoms with E-state index in [1.807, 2.05) is 19.1 Å². The summed E-state index contributed by atoms with van der Waals surface area (Å²) in [5, 5.41) is 6.29. The van der Waals surface area contributed by atoms with E-state index in [0.29, 0.717) is 6.54 Å². The maximum absolute atomic E-state index is 12.0. The summed E-state index contributed by atoms with van der Waals surface area (Å²) >= 11 is 1.53. The molecule has 2 N–H and O–H groups in total. The van der Waals surface area contributed by atoms with Crippen molar-refractivity contribution in [1.29, 1.82) is 0 Å². The third-order valence-corrected chi connectivity index (χ3v) is 4.32. The van der Waals surface area contributed by atoms with Crippen LogP contribution in [0.2, 0.25) is 0 Å². The highest BCUT2D eigenvalue weighted by atomic mass is 32.1. The van der Waals surface area contributed by atoms with Crippen molar-refractivity contribution in [2.75, 3.05) is 0 Å². The Balaban J connectivity index is 1.64. The Kier molecular flexibility index (Phi) is 3.36. The lowest BCUT2D eigenvalue weighted by Gasteiger charge is -2.06. The molecule has 0 aliphatic carbocycles. The molecule has 4 heteroatoms. The fourth-order valence-corrected chi connectivity index (χ4v) is 3.07. The van der Waals surface area contributed by atoms with Crippen LogP contribution in [0.5, 0.6) is 0 Å². The lowest BCUT2D eigenvalue weighted by atomic mass is 10.1.